The molecule has 1 heteroatoms. The number of benzene rings is 2. The molecule has 0 heterocycles. The van der Waals surface area contributed by atoms with Gasteiger partial charge in [0.25, 0.3) is 0 Å². The summed E-state index contributed by atoms with van der Waals surface area (Å²) in [6.45, 7) is 9.96. The van der Waals surface area contributed by atoms with E-state index in [0.717, 1.165) is 17.6 Å². The second-order valence-corrected chi connectivity index (χ2v) is 5.70. The monoisotopic (exact) mass is 278 g/mol. The van der Waals surface area contributed by atoms with E-state index in [1.54, 1.807) is 6.92 Å². The number of aryl methyl sites for hydroxylation is 2. The molecule has 0 bridgehead atoms. The second kappa shape index (κ2) is 6.53. The summed E-state index contributed by atoms with van der Waals surface area (Å²) in [6.07, 6.45) is 1.30. The third kappa shape index (κ3) is 3.91. The summed E-state index contributed by atoms with van der Waals surface area (Å²) in [5.41, 5.74) is 7.16. The zero-order chi connectivity index (χ0) is 15.4. The molecule has 0 aliphatic rings. The third-order valence-corrected chi connectivity index (χ3v) is 3.74. The van der Waals surface area contributed by atoms with Gasteiger partial charge in [-0.05, 0) is 55.0 Å². The van der Waals surface area contributed by atoms with Gasteiger partial charge in [-0.2, -0.15) is 0 Å². The van der Waals surface area contributed by atoms with Crippen LogP contribution < -0.4 is 0 Å². The first-order valence-corrected chi connectivity index (χ1v) is 7.32. The average molecular weight is 278 g/mol. The number of rotatable bonds is 5. The molecule has 0 saturated carbocycles. The summed E-state index contributed by atoms with van der Waals surface area (Å²) < 4.78 is 0. The van der Waals surface area contributed by atoms with Crippen molar-refractivity contribution in [1.29, 1.82) is 0 Å². The topological polar surface area (TPSA) is 17.1 Å². The van der Waals surface area contributed by atoms with Crippen LogP contribution in [-0.2, 0) is 4.79 Å². The number of hydrogen-bond acceptors (Lipinski definition) is 1. The highest BCUT2D eigenvalue weighted by atomic mass is 16.1. The predicted molar refractivity (Wildman–Crippen MR) is 90.3 cm³/mol. The molecule has 0 saturated heterocycles. The molecule has 108 valence electrons. The van der Waals surface area contributed by atoms with Gasteiger partial charge < -0.3 is 4.79 Å². The van der Waals surface area contributed by atoms with E-state index in [1.165, 1.54) is 22.3 Å². The van der Waals surface area contributed by atoms with Crippen LogP contribution in [0.25, 0.3) is 16.7 Å². The summed E-state index contributed by atoms with van der Waals surface area (Å²) >= 11 is 0. The van der Waals surface area contributed by atoms with Crippen LogP contribution in [0.1, 0.15) is 36.5 Å². The molecule has 0 N–H and O–H groups in total. The second-order valence-electron chi connectivity index (χ2n) is 5.70. The Morgan fingerprint density at radius 2 is 1.81 bits per heavy atom. The molecule has 0 aliphatic heterocycles. The molecule has 0 radical (unpaired) electrons. The van der Waals surface area contributed by atoms with Crippen LogP contribution in [0.15, 0.2) is 49.0 Å². The highest BCUT2D eigenvalue weighted by Crippen LogP contribution is 2.28. The first-order valence-electron chi connectivity index (χ1n) is 7.32. The van der Waals surface area contributed by atoms with Crippen LogP contribution >= 0.6 is 0 Å². The Bertz CT molecular complexity index is 680. The molecule has 21 heavy (non-hydrogen) atoms. The summed E-state index contributed by atoms with van der Waals surface area (Å²) in [7, 11) is 0. The van der Waals surface area contributed by atoms with Crippen molar-refractivity contribution in [3.05, 3.63) is 65.7 Å². The standard InChI is InChI=1S/C20H22O/c1-14-6-5-7-19(12-14)20-11-10-18(13-16(20)3)15(2)8-9-17(4)21/h5-7,10-13H,2,8-9H2,1,3-4H3. The summed E-state index contributed by atoms with van der Waals surface area (Å²) in [6, 6.07) is 15.0. The van der Waals surface area contributed by atoms with Crippen molar-refractivity contribution >= 4 is 11.4 Å². The van der Waals surface area contributed by atoms with E-state index in [1.807, 2.05) is 0 Å². The van der Waals surface area contributed by atoms with Crippen LogP contribution in [0.4, 0.5) is 0 Å². The lowest BCUT2D eigenvalue weighted by Crippen LogP contribution is -1.93. The van der Waals surface area contributed by atoms with E-state index in [0.29, 0.717) is 6.42 Å². The molecule has 0 amide bonds. The fourth-order valence-electron chi connectivity index (χ4n) is 2.49. The molecular formula is C20H22O. The largest absolute Gasteiger partial charge is 0.300 e. The van der Waals surface area contributed by atoms with Gasteiger partial charge in [-0.15, -0.1) is 0 Å². The van der Waals surface area contributed by atoms with Gasteiger partial charge in [0.1, 0.15) is 5.78 Å². The van der Waals surface area contributed by atoms with Gasteiger partial charge in [-0.25, -0.2) is 0 Å². The molecule has 2 aromatic rings. The van der Waals surface area contributed by atoms with E-state index >= 15 is 0 Å². The molecule has 2 aromatic carbocycles. The molecule has 0 unspecified atom stereocenters. The first-order chi connectivity index (χ1) is 9.97. The zero-order valence-electron chi connectivity index (χ0n) is 13.1. The van der Waals surface area contributed by atoms with Crippen molar-refractivity contribution in [2.24, 2.45) is 0 Å². The Hall–Kier alpha value is -2.15. The van der Waals surface area contributed by atoms with E-state index in [2.05, 4.69) is 62.9 Å². The molecule has 0 spiro atoms. The van der Waals surface area contributed by atoms with E-state index in [-0.39, 0.29) is 5.78 Å². The number of hydrogen-bond donors (Lipinski definition) is 0. The van der Waals surface area contributed by atoms with Crippen molar-refractivity contribution in [3.63, 3.8) is 0 Å². The lowest BCUT2D eigenvalue weighted by molar-refractivity contribution is -0.116. The van der Waals surface area contributed by atoms with Crippen LogP contribution in [0, 0.1) is 13.8 Å². The van der Waals surface area contributed by atoms with Crippen LogP contribution in [0.2, 0.25) is 0 Å². The van der Waals surface area contributed by atoms with E-state index in [4.69, 9.17) is 0 Å². The normalized spacial score (nSPS) is 10.4. The van der Waals surface area contributed by atoms with Gasteiger partial charge in [0.05, 0.1) is 0 Å². The van der Waals surface area contributed by atoms with Gasteiger partial charge >= 0.3 is 0 Å². The molecule has 0 aliphatic carbocycles. The lowest BCUT2D eigenvalue weighted by Gasteiger charge is -2.11. The van der Waals surface area contributed by atoms with Gasteiger partial charge in [-0.3, -0.25) is 0 Å². The van der Waals surface area contributed by atoms with Crippen LogP contribution in [0.5, 0.6) is 0 Å². The number of carbonyl (C=O) groups is 1. The highest BCUT2D eigenvalue weighted by molar-refractivity contribution is 5.79. The van der Waals surface area contributed by atoms with Crippen molar-refractivity contribution in [3.8, 4) is 11.1 Å². The Morgan fingerprint density at radius 1 is 1.05 bits per heavy atom. The fourth-order valence-corrected chi connectivity index (χ4v) is 2.49. The number of carbonyl (C=O) groups excluding carboxylic acids is 1. The number of allylic oxidation sites excluding steroid dienone is 1. The minimum atomic E-state index is 0.212. The molecule has 2 rings (SSSR count). The van der Waals surface area contributed by atoms with Gasteiger partial charge in [-0.1, -0.05) is 54.6 Å². The first kappa shape index (κ1) is 15.2. The summed E-state index contributed by atoms with van der Waals surface area (Å²) in [5, 5.41) is 0. The zero-order valence-corrected chi connectivity index (χ0v) is 13.1. The van der Waals surface area contributed by atoms with Crippen molar-refractivity contribution in [2.45, 2.75) is 33.6 Å². The van der Waals surface area contributed by atoms with Crippen LogP contribution in [0.3, 0.4) is 0 Å². The van der Waals surface area contributed by atoms with Crippen molar-refractivity contribution in [2.75, 3.05) is 0 Å². The summed E-state index contributed by atoms with van der Waals surface area (Å²) in [5.74, 6) is 0.212. The van der Waals surface area contributed by atoms with Crippen molar-refractivity contribution in [1.82, 2.24) is 0 Å². The number of Topliss-reactive ketones (excluding diaryl/α,β-unsaturated/α-hetero) is 1. The minimum Gasteiger partial charge on any atom is -0.300 e. The van der Waals surface area contributed by atoms with Gasteiger partial charge in [0, 0.05) is 6.42 Å². The minimum absolute atomic E-state index is 0.212. The Morgan fingerprint density at radius 3 is 2.43 bits per heavy atom. The Balaban J connectivity index is 2.25. The number of ketones is 1. The SMILES string of the molecule is C=C(CCC(C)=O)c1ccc(-c2cccc(C)c2)c(C)c1. The molecular weight excluding hydrogens is 256 g/mol. The van der Waals surface area contributed by atoms with Crippen molar-refractivity contribution < 1.29 is 4.79 Å². The summed E-state index contributed by atoms with van der Waals surface area (Å²) in [4.78, 5) is 11.1. The smallest absolute Gasteiger partial charge is 0.130 e. The van der Waals surface area contributed by atoms with E-state index in [9.17, 15) is 4.79 Å². The van der Waals surface area contributed by atoms with Crippen LogP contribution in [-0.4, -0.2) is 5.78 Å². The quantitative estimate of drug-likeness (QED) is 0.720. The van der Waals surface area contributed by atoms with Gasteiger partial charge in [0.2, 0.25) is 0 Å². The molecule has 0 fully saturated rings. The third-order valence-electron chi connectivity index (χ3n) is 3.74. The fraction of sp³-hybridized carbons (Fsp3) is 0.250. The van der Waals surface area contributed by atoms with E-state index < -0.39 is 0 Å². The molecule has 1 nitrogen and oxygen atoms in total. The predicted octanol–water partition coefficient (Wildman–Crippen LogP) is 5.35. The highest BCUT2D eigenvalue weighted by Gasteiger charge is 2.06. The Kier molecular flexibility index (Phi) is 4.74. The maximum atomic E-state index is 11.1. The maximum absolute atomic E-state index is 11.1. The lowest BCUT2D eigenvalue weighted by atomic mass is 9.94. The van der Waals surface area contributed by atoms with Gasteiger partial charge in [0.15, 0.2) is 0 Å². The maximum Gasteiger partial charge on any atom is 0.130 e. The average Bonchev–Trinajstić information content (AvgIpc) is 2.44. The molecule has 0 atom stereocenters. The Labute approximate surface area is 127 Å². The molecule has 0 aromatic heterocycles.